The van der Waals surface area contributed by atoms with Crippen LogP contribution in [0.5, 0.6) is 0 Å². The Morgan fingerprint density at radius 2 is 2.24 bits per heavy atom. The molecule has 1 heterocycles. The number of anilines is 1. The maximum atomic E-state index is 11.1. The van der Waals surface area contributed by atoms with Crippen LogP contribution in [0.1, 0.15) is 19.3 Å². The fourth-order valence-corrected chi connectivity index (χ4v) is 3.73. The summed E-state index contributed by atoms with van der Waals surface area (Å²) < 4.78 is 0. The Morgan fingerprint density at radius 1 is 1.38 bits per heavy atom. The van der Waals surface area contributed by atoms with Crippen LogP contribution in [0.4, 0.5) is 11.4 Å². The summed E-state index contributed by atoms with van der Waals surface area (Å²) in [6.07, 6.45) is 7.25. The number of benzene rings is 1. The third-order valence-electron chi connectivity index (χ3n) is 4.02. The highest BCUT2D eigenvalue weighted by Gasteiger charge is 2.25. The summed E-state index contributed by atoms with van der Waals surface area (Å²) in [4.78, 5) is 14.9. The number of thioether (sulfide) groups is 1. The lowest BCUT2D eigenvalue weighted by atomic mass is 10.1. The van der Waals surface area contributed by atoms with E-state index in [0.717, 1.165) is 23.9 Å². The molecule has 0 spiro atoms. The predicted octanol–water partition coefficient (Wildman–Crippen LogP) is 3.84. The number of rotatable bonds is 4. The van der Waals surface area contributed by atoms with Crippen LogP contribution < -0.4 is 5.32 Å². The van der Waals surface area contributed by atoms with Gasteiger partial charge in [0.05, 0.1) is 4.92 Å². The minimum absolute atomic E-state index is 0.0598. The molecule has 0 bridgehead atoms. The normalized spacial score (nSPS) is 21.6. The molecule has 1 aromatic heterocycles. The number of nitrogens with zero attached hydrogens (tertiary/aromatic N) is 2. The van der Waals surface area contributed by atoms with Crippen molar-refractivity contribution in [3.8, 4) is 0 Å². The number of non-ortho nitro benzene ring substituents is 1. The van der Waals surface area contributed by atoms with Crippen molar-refractivity contribution in [1.29, 1.82) is 0 Å². The van der Waals surface area contributed by atoms with E-state index < -0.39 is 0 Å². The van der Waals surface area contributed by atoms with Crippen LogP contribution in [0.3, 0.4) is 0 Å². The first-order valence-electron chi connectivity index (χ1n) is 7.00. The molecule has 2 atom stereocenters. The minimum Gasteiger partial charge on any atom is -0.382 e. The van der Waals surface area contributed by atoms with Crippen LogP contribution in [0.15, 0.2) is 30.5 Å². The van der Waals surface area contributed by atoms with Gasteiger partial charge in [0.1, 0.15) is 5.52 Å². The topological polar surface area (TPSA) is 68.1 Å². The van der Waals surface area contributed by atoms with E-state index in [0.29, 0.717) is 16.8 Å². The first kappa shape index (κ1) is 14.1. The van der Waals surface area contributed by atoms with E-state index in [9.17, 15) is 10.1 Å². The van der Waals surface area contributed by atoms with Crippen molar-refractivity contribution in [2.24, 2.45) is 0 Å². The molecule has 0 aliphatic heterocycles. The highest BCUT2D eigenvalue weighted by molar-refractivity contribution is 7.99. The van der Waals surface area contributed by atoms with Gasteiger partial charge < -0.3 is 5.32 Å². The van der Waals surface area contributed by atoms with Gasteiger partial charge in [-0.1, -0.05) is 0 Å². The van der Waals surface area contributed by atoms with Gasteiger partial charge in [-0.3, -0.25) is 10.1 Å². The van der Waals surface area contributed by atoms with Crippen LogP contribution in [0.2, 0.25) is 0 Å². The lowest BCUT2D eigenvalue weighted by Crippen LogP contribution is -2.16. The number of pyridine rings is 1. The second-order valence-electron chi connectivity index (χ2n) is 5.30. The Balaban J connectivity index is 1.93. The van der Waals surface area contributed by atoms with Crippen LogP contribution in [-0.2, 0) is 0 Å². The highest BCUT2D eigenvalue weighted by atomic mass is 32.2. The van der Waals surface area contributed by atoms with Crippen molar-refractivity contribution in [1.82, 2.24) is 4.98 Å². The van der Waals surface area contributed by atoms with E-state index in [1.165, 1.54) is 6.42 Å². The second-order valence-corrected chi connectivity index (χ2v) is 6.44. The van der Waals surface area contributed by atoms with Crippen LogP contribution in [0.25, 0.3) is 10.9 Å². The molecule has 0 radical (unpaired) electrons. The second kappa shape index (κ2) is 5.89. The zero-order valence-electron chi connectivity index (χ0n) is 11.8. The predicted molar refractivity (Wildman–Crippen MR) is 87.0 cm³/mol. The first-order chi connectivity index (χ1) is 10.2. The molecule has 2 aromatic rings. The zero-order chi connectivity index (χ0) is 14.8. The van der Waals surface area contributed by atoms with Crippen molar-refractivity contribution in [3.63, 3.8) is 0 Å². The van der Waals surface area contributed by atoms with Gasteiger partial charge in [-0.15, -0.1) is 0 Å². The number of nitrogens with one attached hydrogen (secondary N) is 1. The zero-order valence-corrected chi connectivity index (χ0v) is 12.6. The molecule has 1 aromatic carbocycles. The Hall–Kier alpha value is -1.82. The van der Waals surface area contributed by atoms with E-state index in [-0.39, 0.29) is 10.6 Å². The van der Waals surface area contributed by atoms with Gasteiger partial charge >= 0.3 is 0 Å². The van der Waals surface area contributed by atoms with Crippen molar-refractivity contribution in [2.45, 2.75) is 30.6 Å². The summed E-state index contributed by atoms with van der Waals surface area (Å²) in [5.74, 6) is 0. The third-order valence-corrected chi connectivity index (χ3v) is 5.12. The van der Waals surface area contributed by atoms with Gasteiger partial charge in [-0.05, 0) is 43.7 Å². The lowest BCUT2D eigenvalue weighted by Gasteiger charge is -2.16. The van der Waals surface area contributed by atoms with Gasteiger partial charge in [-0.2, -0.15) is 11.8 Å². The molecule has 1 N–H and O–H groups in total. The minimum atomic E-state index is -0.377. The molecule has 110 valence electrons. The fraction of sp³-hybridized carbons (Fsp3) is 0.400. The summed E-state index contributed by atoms with van der Waals surface area (Å²) in [5.41, 5.74) is 1.45. The Bertz CT molecular complexity index is 677. The molecule has 6 heteroatoms. The monoisotopic (exact) mass is 303 g/mol. The smallest absolute Gasteiger partial charge is 0.295 e. The summed E-state index contributed by atoms with van der Waals surface area (Å²) in [6, 6.07) is 7.48. The molecule has 2 unspecified atom stereocenters. The maximum Gasteiger partial charge on any atom is 0.295 e. The van der Waals surface area contributed by atoms with Crippen molar-refractivity contribution in [3.05, 3.63) is 40.6 Å². The molecule has 5 nitrogen and oxygen atoms in total. The molecule has 21 heavy (non-hydrogen) atoms. The number of fused-ring (bicyclic) bond motifs is 1. The molecule has 1 saturated carbocycles. The quantitative estimate of drug-likeness (QED) is 0.686. The van der Waals surface area contributed by atoms with Crippen LogP contribution in [0, 0.1) is 10.1 Å². The van der Waals surface area contributed by atoms with E-state index in [4.69, 9.17) is 0 Å². The van der Waals surface area contributed by atoms with Crippen LogP contribution >= 0.6 is 11.8 Å². The molecule has 0 amide bonds. The fourth-order valence-electron chi connectivity index (χ4n) is 2.94. The van der Waals surface area contributed by atoms with Gasteiger partial charge in [0.15, 0.2) is 0 Å². The van der Waals surface area contributed by atoms with Crippen molar-refractivity contribution >= 4 is 34.0 Å². The maximum absolute atomic E-state index is 11.1. The third kappa shape index (κ3) is 2.81. The van der Waals surface area contributed by atoms with Gasteiger partial charge in [0.25, 0.3) is 5.69 Å². The highest BCUT2D eigenvalue weighted by Crippen LogP contribution is 2.34. The molecular formula is C15H17N3O2S. The van der Waals surface area contributed by atoms with Gasteiger partial charge in [0, 0.05) is 34.6 Å². The average molecular weight is 303 g/mol. The number of hydrogen-bond acceptors (Lipinski definition) is 5. The number of nitro groups is 1. The average Bonchev–Trinajstić information content (AvgIpc) is 2.95. The van der Waals surface area contributed by atoms with Crippen LogP contribution in [-0.4, -0.2) is 27.5 Å². The summed E-state index contributed by atoms with van der Waals surface area (Å²) >= 11 is 1.92. The first-order valence-corrected chi connectivity index (χ1v) is 8.29. The molecular weight excluding hydrogens is 286 g/mol. The Kier molecular flexibility index (Phi) is 3.96. The summed E-state index contributed by atoms with van der Waals surface area (Å²) in [6.45, 7) is 0. The number of hydrogen-bond donors (Lipinski definition) is 1. The van der Waals surface area contributed by atoms with Crippen molar-refractivity contribution in [2.75, 3.05) is 11.6 Å². The number of aromatic nitrogens is 1. The Morgan fingerprint density at radius 3 is 2.95 bits per heavy atom. The molecule has 1 aliphatic rings. The van der Waals surface area contributed by atoms with E-state index >= 15 is 0 Å². The Labute approximate surface area is 127 Å². The standard InChI is InChI=1S/C15H17N3O2S/c1-21-11-5-4-10(9-11)17-13-6-7-14(18(19)20)15-12(13)3-2-8-16-15/h2-3,6-8,10-11,17H,4-5,9H2,1H3. The molecule has 0 saturated heterocycles. The van der Waals surface area contributed by atoms with Crippen molar-refractivity contribution < 1.29 is 4.92 Å². The van der Waals surface area contributed by atoms with E-state index in [1.807, 2.05) is 23.9 Å². The molecule has 3 rings (SSSR count). The van der Waals surface area contributed by atoms with E-state index in [1.54, 1.807) is 18.3 Å². The summed E-state index contributed by atoms with van der Waals surface area (Å²) in [7, 11) is 0. The molecule has 1 fully saturated rings. The SMILES string of the molecule is CSC1CCC(Nc2ccc([N+](=O)[O-])c3ncccc23)C1. The molecule has 1 aliphatic carbocycles. The van der Waals surface area contributed by atoms with Gasteiger partial charge in [-0.25, -0.2) is 4.98 Å². The largest absolute Gasteiger partial charge is 0.382 e. The lowest BCUT2D eigenvalue weighted by molar-refractivity contribution is -0.383. The van der Waals surface area contributed by atoms with Gasteiger partial charge in [0.2, 0.25) is 0 Å². The summed E-state index contributed by atoms with van der Waals surface area (Å²) in [5, 5.41) is 16.2. The number of nitro benzene ring substituents is 1. The van der Waals surface area contributed by atoms with E-state index in [2.05, 4.69) is 16.6 Å².